The van der Waals surface area contributed by atoms with Crippen molar-refractivity contribution >= 4 is 12.3 Å². The summed E-state index contributed by atoms with van der Waals surface area (Å²) in [7, 11) is 0. The van der Waals surface area contributed by atoms with E-state index in [9.17, 15) is 9.59 Å². The predicted molar refractivity (Wildman–Crippen MR) is 78.5 cm³/mol. The van der Waals surface area contributed by atoms with E-state index in [-0.39, 0.29) is 12.4 Å². The maximum Gasteiger partial charge on any atom is 0.306 e. The first-order valence-corrected chi connectivity index (χ1v) is 6.89. The van der Waals surface area contributed by atoms with Gasteiger partial charge in [-0.1, -0.05) is 36.4 Å². The molecule has 0 spiro atoms. The van der Waals surface area contributed by atoms with E-state index in [0.29, 0.717) is 12.8 Å². The third-order valence-electron chi connectivity index (χ3n) is 3.04. The smallest absolute Gasteiger partial charge is 0.306 e. The summed E-state index contributed by atoms with van der Waals surface area (Å²) >= 11 is 0. The molecule has 0 aliphatic heterocycles. The molecule has 1 aromatic heterocycles. The first-order valence-electron chi connectivity index (χ1n) is 6.89. The Bertz CT molecular complexity index is 530. The molecule has 0 bridgehead atoms. The fourth-order valence-electron chi connectivity index (χ4n) is 2.01. The van der Waals surface area contributed by atoms with E-state index >= 15 is 0 Å². The molecule has 0 N–H and O–H groups in total. The first-order chi connectivity index (χ1) is 10.3. The zero-order valence-electron chi connectivity index (χ0n) is 11.6. The molecule has 0 aliphatic rings. The molecule has 0 aliphatic carbocycles. The van der Waals surface area contributed by atoms with Crippen molar-refractivity contribution in [2.75, 3.05) is 0 Å². The molecular weight excluding hydrogens is 266 g/mol. The number of carbonyl (C=O) groups excluding carboxylic acids is 2. The van der Waals surface area contributed by atoms with Gasteiger partial charge in [0.2, 0.25) is 0 Å². The van der Waals surface area contributed by atoms with Crippen LogP contribution < -0.4 is 0 Å². The summed E-state index contributed by atoms with van der Waals surface area (Å²) in [6.45, 7) is 0. The standard InChI is InChI=1S/C17H17NO3/c19-12-5-4-10-16(20)21-17(14-7-2-1-3-8-14)15-9-6-11-18-13-15/h1-3,6-9,11-13,17H,4-5,10H2. The Morgan fingerprint density at radius 3 is 2.57 bits per heavy atom. The highest BCUT2D eigenvalue weighted by atomic mass is 16.5. The second-order valence-corrected chi connectivity index (χ2v) is 4.63. The molecule has 108 valence electrons. The van der Waals surface area contributed by atoms with Crippen molar-refractivity contribution in [1.82, 2.24) is 4.98 Å². The average Bonchev–Trinajstić information content (AvgIpc) is 2.54. The molecule has 0 radical (unpaired) electrons. The minimum absolute atomic E-state index is 0.238. The quantitative estimate of drug-likeness (QED) is 0.445. The molecule has 1 atom stereocenters. The highest BCUT2D eigenvalue weighted by Crippen LogP contribution is 2.25. The first kappa shape index (κ1) is 14.9. The highest BCUT2D eigenvalue weighted by molar-refractivity contribution is 5.70. The molecule has 4 nitrogen and oxygen atoms in total. The molecule has 0 fully saturated rings. The number of nitrogens with zero attached hydrogens (tertiary/aromatic N) is 1. The summed E-state index contributed by atoms with van der Waals surface area (Å²) in [5.74, 6) is -0.311. The average molecular weight is 283 g/mol. The maximum atomic E-state index is 11.9. The topological polar surface area (TPSA) is 56.3 Å². The normalized spacial score (nSPS) is 11.6. The number of unbranched alkanes of at least 4 members (excludes halogenated alkanes) is 1. The maximum absolute atomic E-state index is 11.9. The van der Waals surface area contributed by atoms with Gasteiger partial charge >= 0.3 is 5.97 Å². The summed E-state index contributed by atoms with van der Waals surface area (Å²) < 4.78 is 5.57. The Kier molecular flexibility index (Phi) is 5.64. The van der Waals surface area contributed by atoms with Gasteiger partial charge in [-0.3, -0.25) is 9.78 Å². The van der Waals surface area contributed by atoms with Gasteiger partial charge in [0.15, 0.2) is 6.10 Å². The Morgan fingerprint density at radius 2 is 1.90 bits per heavy atom. The minimum Gasteiger partial charge on any atom is -0.452 e. The lowest BCUT2D eigenvalue weighted by Crippen LogP contribution is -2.13. The SMILES string of the molecule is O=CCCCC(=O)OC(c1ccccc1)c1cccnc1. The molecule has 1 heterocycles. The van der Waals surface area contributed by atoms with Gasteiger partial charge in [-0.2, -0.15) is 0 Å². The lowest BCUT2D eigenvalue weighted by Gasteiger charge is -2.18. The van der Waals surface area contributed by atoms with Crippen LogP contribution in [0.15, 0.2) is 54.9 Å². The minimum atomic E-state index is -0.469. The van der Waals surface area contributed by atoms with E-state index in [1.54, 1.807) is 12.4 Å². The van der Waals surface area contributed by atoms with Crippen molar-refractivity contribution < 1.29 is 14.3 Å². The number of pyridine rings is 1. The Hall–Kier alpha value is -2.49. The monoisotopic (exact) mass is 283 g/mol. The summed E-state index contributed by atoms with van der Waals surface area (Å²) in [5.41, 5.74) is 1.72. The van der Waals surface area contributed by atoms with Crippen molar-refractivity contribution in [1.29, 1.82) is 0 Å². The number of aromatic nitrogens is 1. The molecule has 0 amide bonds. The summed E-state index contributed by atoms with van der Waals surface area (Å²) in [6, 6.07) is 13.2. The molecule has 1 aromatic carbocycles. The van der Waals surface area contributed by atoms with E-state index in [1.807, 2.05) is 42.5 Å². The van der Waals surface area contributed by atoms with E-state index in [2.05, 4.69) is 4.98 Å². The zero-order chi connectivity index (χ0) is 14.9. The van der Waals surface area contributed by atoms with Gasteiger partial charge in [-0.25, -0.2) is 0 Å². The second-order valence-electron chi connectivity index (χ2n) is 4.63. The molecule has 0 saturated carbocycles. The van der Waals surface area contributed by atoms with Crippen LogP contribution in [0.1, 0.15) is 36.5 Å². The van der Waals surface area contributed by atoms with E-state index in [4.69, 9.17) is 4.74 Å². The molecule has 0 saturated heterocycles. The fourth-order valence-corrected chi connectivity index (χ4v) is 2.01. The van der Waals surface area contributed by atoms with Crippen molar-refractivity contribution in [2.24, 2.45) is 0 Å². The van der Waals surface area contributed by atoms with E-state index in [1.165, 1.54) is 0 Å². The Balaban J connectivity index is 2.14. The van der Waals surface area contributed by atoms with Crippen LogP contribution in [-0.4, -0.2) is 17.2 Å². The Labute approximate surface area is 123 Å². The van der Waals surface area contributed by atoms with Crippen molar-refractivity contribution in [2.45, 2.75) is 25.4 Å². The van der Waals surface area contributed by atoms with Gasteiger partial charge < -0.3 is 9.53 Å². The van der Waals surface area contributed by atoms with Crippen LogP contribution in [0.3, 0.4) is 0 Å². The number of ether oxygens (including phenoxy) is 1. The number of hydrogen-bond acceptors (Lipinski definition) is 4. The molecule has 2 rings (SSSR count). The van der Waals surface area contributed by atoms with Crippen LogP contribution in [0.2, 0.25) is 0 Å². The van der Waals surface area contributed by atoms with Crippen LogP contribution in [0.25, 0.3) is 0 Å². The number of hydrogen-bond donors (Lipinski definition) is 0. The third-order valence-corrected chi connectivity index (χ3v) is 3.04. The summed E-state index contributed by atoms with van der Waals surface area (Å²) in [6.07, 6.45) is 4.83. The van der Waals surface area contributed by atoms with Crippen molar-refractivity contribution in [3.63, 3.8) is 0 Å². The number of carbonyl (C=O) groups is 2. The van der Waals surface area contributed by atoms with E-state index in [0.717, 1.165) is 17.4 Å². The van der Waals surface area contributed by atoms with Crippen LogP contribution >= 0.6 is 0 Å². The lowest BCUT2D eigenvalue weighted by atomic mass is 10.0. The number of rotatable bonds is 7. The summed E-state index contributed by atoms with van der Waals surface area (Å²) in [5, 5.41) is 0. The zero-order valence-corrected chi connectivity index (χ0v) is 11.6. The Morgan fingerprint density at radius 1 is 1.14 bits per heavy atom. The summed E-state index contributed by atoms with van der Waals surface area (Å²) in [4.78, 5) is 26.3. The van der Waals surface area contributed by atoms with Gasteiger partial charge in [0.25, 0.3) is 0 Å². The van der Waals surface area contributed by atoms with Gasteiger partial charge in [0.05, 0.1) is 0 Å². The molecule has 1 unspecified atom stereocenters. The molecule has 2 aromatic rings. The van der Waals surface area contributed by atoms with Crippen LogP contribution in [0.5, 0.6) is 0 Å². The van der Waals surface area contributed by atoms with Crippen LogP contribution in [0, 0.1) is 0 Å². The highest BCUT2D eigenvalue weighted by Gasteiger charge is 2.18. The van der Waals surface area contributed by atoms with Gasteiger partial charge in [0.1, 0.15) is 6.29 Å². The van der Waals surface area contributed by atoms with Crippen molar-refractivity contribution in [3.8, 4) is 0 Å². The number of esters is 1. The van der Waals surface area contributed by atoms with Gasteiger partial charge in [-0.15, -0.1) is 0 Å². The number of benzene rings is 1. The van der Waals surface area contributed by atoms with Crippen LogP contribution in [-0.2, 0) is 14.3 Å². The molecular formula is C17H17NO3. The lowest BCUT2D eigenvalue weighted by molar-refractivity contribution is -0.147. The number of aldehydes is 1. The van der Waals surface area contributed by atoms with Crippen LogP contribution in [0.4, 0.5) is 0 Å². The van der Waals surface area contributed by atoms with Gasteiger partial charge in [0, 0.05) is 30.8 Å². The molecule has 4 heteroatoms. The van der Waals surface area contributed by atoms with Crippen molar-refractivity contribution in [3.05, 3.63) is 66.0 Å². The second kappa shape index (κ2) is 7.94. The van der Waals surface area contributed by atoms with Gasteiger partial charge in [-0.05, 0) is 18.1 Å². The van der Waals surface area contributed by atoms with E-state index < -0.39 is 6.10 Å². The predicted octanol–water partition coefficient (Wildman–Crippen LogP) is 3.08. The fraction of sp³-hybridized carbons (Fsp3) is 0.235. The largest absolute Gasteiger partial charge is 0.452 e. The third kappa shape index (κ3) is 4.53. The molecule has 21 heavy (non-hydrogen) atoms.